The lowest BCUT2D eigenvalue weighted by atomic mass is 10.1. The molecule has 0 saturated carbocycles. The van der Waals surface area contributed by atoms with Gasteiger partial charge < -0.3 is 20.0 Å². The molecule has 1 N–H and O–H groups in total. The van der Waals surface area contributed by atoms with E-state index in [1.54, 1.807) is 4.90 Å². The SMILES string of the molecule is CCCNC(=O)N(CC(=O)N1CCCN(c2ccc(-c3ccccc3Cl)nn2)CC1)Cc1ccccc1. The third-order valence-electron chi connectivity index (χ3n) is 6.33. The van der Waals surface area contributed by atoms with E-state index < -0.39 is 0 Å². The van der Waals surface area contributed by atoms with E-state index in [1.165, 1.54) is 0 Å². The molecule has 0 spiro atoms. The molecular formula is C28H33ClN6O2. The van der Waals surface area contributed by atoms with Crippen molar-refractivity contribution in [1.82, 2.24) is 25.3 Å². The van der Waals surface area contributed by atoms with Crippen molar-refractivity contribution >= 4 is 29.4 Å². The number of anilines is 1. The first-order chi connectivity index (χ1) is 18.0. The number of benzene rings is 2. The van der Waals surface area contributed by atoms with Gasteiger partial charge in [-0.1, -0.05) is 67.1 Å². The van der Waals surface area contributed by atoms with Gasteiger partial charge in [-0.15, -0.1) is 10.2 Å². The van der Waals surface area contributed by atoms with Crippen LogP contribution >= 0.6 is 11.6 Å². The zero-order chi connectivity index (χ0) is 26.0. The molecule has 3 aromatic rings. The summed E-state index contributed by atoms with van der Waals surface area (Å²) >= 11 is 6.30. The van der Waals surface area contributed by atoms with Crippen LogP contribution in [0.4, 0.5) is 10.6 Å². The van der Waals surface area contributed by atoms with Gasteiger partial charge in [0.05, 0.1) is 10.7 Å². The molecule has 2 aromatic carbocycles. The molecule has 0 unspecified atom stereocenters. The van der Waals surface area contributed by atoms with E-state index >= 15 is 0 Å². The highest BCUT2D eigenvalue weighted by Gasteiger charge is 2.24. The number of carbonyl (C=O) groups is 2. The molecule has 0 radical (unpaired) electrons. The number of nitrogens with zero attached hydrogens (tertiary/aromatic N) is 5. The predicted molar refractivity (Wildman–Crippen MR) is 146 cm³/mol. The molecule has 37 heavy (non-hydrogen) atoms. The van der Waals surface area contributed by atoms with Crippen LogP contribution < -0.4 is 10.2 Å². The summed E-state index contributed by atoms with van der Waals surface area (Å²) in [6, 6.07) is 21.0. The minimum Gasteiger partial charge on any atom is -0.353 e. The first kappa shape index (κ1) is 26.4. The molecule has 1 saturated heterocycles. The molecule has 0 atom stereocenters. The Morgan fingerprint density at radius 2 is 1.73 bits per heavy atom. The molecule has 2 heterocycles. The van der Waals surface area contributed by atoms with Crippen LogP contribution in [-0.4, -0.2) is 71.2 Å². The van der Waals surface area contributed by atoms with Gasteiger partial charge in [0.15, 0.2) is 5.82 Å². The number of hydrogen-bond acceptors (Lipinski definition) is 5. The Morgan fingerprint density at radius 1 is 0.946 bits per heavy atom. The van der Waals surface area contributed by atoms with Crippen LogP contribution in [0.5, 0.6) is 0 Å². The molecule has 3 amide bonds. The summed E-state index contributed by atoms with van der Waals surface area (Å²) in [5, 5.41) is 12.4. The number of nitrogens with one attached hydrogen (secondary N) is 1. The zero-order valence-corrected chi connectivity index (χ0v) is 21.9. The van der Waals surface area contributed by atoms with Crippen LogP contribution in [0.3, 0.4) is 0 Å². The summed E-state index contributed by atoms with van der Waals surface area (Å²) in [6.45, 7) is 5.62. The lowest BCUT2D eigenvalue weighted by Crippen LogP contribution is -2.47. The van der Waals surface area contributed by atoms with Crippen molar-refractivity contribution in [2.75, 3.05) is 44.2 Å². The molecular weight excluding hydrogens is 488 g/mol. The molecule has 1 aliphatic heterocycles. The summed E-state index contributed by atoms with van der Waals surface area (Å²) in [7, 11) is 0. The maximum atomic E-state index is 13.3. The van der Waals surface area contributed by atoms with Crippen LogP contribution in [0.2, 0.25) is 5.02 Å². The molecule has 194 valence electrons. The lowest BCUT2D eigenvalue weighted by Gasteiger charge is -2.27. The number of amides is 3. The van der Waals surface area contributed by atoms with E-state index in [2.05, 4.69) is 20.4 Å². The van der Waals surface area contributed by atoms with Gasteiger partial charge in [0.2, 0.25) is 5.91 Å². The van der Waals surface area contributed by atoms with Gasteiger partial charge >= 0.3 is 6.03 Å². The normalized spacial score (nSPS) is 13.7. The summed E-state index contributed by atoms with van der Waals surface area (Å²) < 4.78 is 0. The number of carbonyl (C=O) groups excluding carboxylic acids is 2. The monoisotopic (exact) mass is 520 g/mol. The van der Waals surface area contributed by atoms with Crippen LogP contribution in [0.15, 0.2) is 66.7 Å². The van der Waals surface area contributed by atoms with E-state index in [0.717, 1.165) is 42.0 Å². The van der Waals surface area contributed by atoms with E-state index in [-0.39, 0.29) is 18.5 Å². The molecule has 4 rings (SSSR count). The quantitative estimate of drug-likeness (QED) is 0.474. The Bertz CT molecular complexity index is 1170. The Balaban J connectivity index is 1.37. The van der Waals surface area contributed by atoms with Crippen molar-refractivity contribution in [3.05, 3.63) is 77.3 Å². The largest absolute Gasteiger partial charge is 0.353 e. The average molecular weight is 521 g/mol. The zero-order valence-electron chi connectivity index (χ0n) is 21.1. The fraction of sp³-hybridized carbons (Fsp3) is 0.357. The van der Waals surface area contributed by atoms with Crippen molar-refractivity contribution in [3.63, 3.8) is 0 Å². The van der Waals surface area contributed by atoms with Gasteiger partial charge in [0.25, 0.3) is 0 Å². The fourth-order valence-electron chi connectivity index (χ4n) is 4.31. The van der Waals surface area contributed by atoms with Gasteiger partial charge in [0.1, 0.15) is 6.54 Å². The van der Waals surface area contributed by atoms with Crippen molar-refractivity contribution in [2.45, 2.75) is 26.3 Å². The fourth-order valence-corrected chi connectivity index (χ4v) is 4.55. The number of urea groups is 1. The maximum Gasteiger partial charge on any atom is 0.318 e. The van der Waals surface area contributed by atoms with Gasteiger partial charge in [-0.05, 0) is 36.6 Å². The average Bonchev–Trinajstić information content (AvgIpc) is 3.19. The van der Waals surface area contributed by atoms with E-state index in [4.69, 9.17) is 11.6 Å². The van der Waals surface area contributed by atoms with E-state index in [0.29, 0.717) is 37.7 Å². The first-order valence-electron chi connectivity index (χ1n) is 12.7. The van der Waals surface area contributed by atoms with Crippen molar-refractivity contribution in [2.24, 2.45) is 0 Å². The Labute approximate surface area is 223 Å². The van der Waals surface area contributed by atoms with Crippen molar-refractivity contribution in [1.29, 1.82) is 0 Å². The first-order valence-corrected chi connectivity index (χ1v) is 13.1. The molecule has 0 aliphatic carbocycles. The minimum absolute atomic E-state index is 0.0385. The smallest absolute Gasteiger partial charge is 0.318 e. The second-order valence-electron chi connectivity index (χ2n) is 9.05. The van der Waals surface area contributed by atoms with Gasteiger partial charge in [-0.2, -0.15) is 0 Å². The standard InChI is InChI=1S/C28H33ClN6O2/c1-2-15-30-28(37)35(20-22-9-4-3-5-10-22)21-27(36)34-17-8-16-33(18-19-34)26-14-13-25(31-32-26)23-11-6-7-12-24(23)29/h3-7,9-14H,2,8,15-21H2,1H3,(H,30,37). The molecule has 1 aromatic heterocycles. The van der Waals surface area contributed by atoms with E-state index in [9.17, 15) is 9.59 Å². The topological polar surface area (TPSA) is 81.7 Å². The van der Waals surface area contributed by atoms with Crippen molar-refractivity contribution < 1.29 is 9.59 Å². The second-order valence-corrected chi connectivity index (χ2v) is 9.46. The Kier molecular flexibility index (Phi) is 9.32. The Morgan fingerprint density at radius 3 is 2.46 bits per heavy atom. The lowest BCUT2D eigenvalue weighted by molar-refractivity contribution is -0.131. The summed E-state index contributed by atoms with van der Waals surface area (Å²) in [4.78, 5) is 31.6. The number of hydrogen-bond donors (Lipinski definition) is 1. The molecule has 1 aliphatic rings. The van der Waals surface area contributed by atoms with Crippen LogP contribution in [-0.2, 0) is 11.3 Å². The third-order valence-corrected chi connectivity index (χ3v) is 6.66. The summed E-state index contributed by atoms with van der Waals surface area (Å²) in [5.74, 6) is 0.722. The summed E-state index contributed by atoms with van der Waals surface area (Å²) in [5.41, 5.74) is 2.56. The minimum atomic E-state index is -0.218. The predicted octanol–water partition coefficient (Wildman–Crippen LogP) is 4.46. The van der Waals surface area contributed by atoms with Crippen LogP contribution in [0, 0.1) is 0 Å². The van der Waals surface area contributed by atoms with Crippen molar-refractivity contribution in [3.8, 4) is 11.3 Å². The highest BCUT2D eigenvalue weighted by molar-refractivity contribution is 6.33. The summed E-state index contributed by atoms with van der Waals surface area (Å²) in [6.07, 6.45) is 1.64. The Hall–Kier alpha value is -3.65. The van der Waals surface area contributed by atoms with Gasteiger partial charge in [0, 0.05) is 44.8 Å². The molecule has 1 fully saturated rings. The number of rotatable bonds is 8. The second kappa shape index (κ2) is 13.1. The number of halogens is 1. The highest BCUT2D eigenvalue weighted by Crippen LogP contribution is 2.26. The number of aromatic nitrogens is 2. The highest BCUT2D eigenvalue weighted by atomic mass is 35.5. The molecule has 9 heteroatoms. The van der Waals surface area contributed by atoms with Crippen LogP contribution in [0.25, 0.3) is 11.3 Å². The maximum absolute atomic E-state index is 13.3. The molecule has 8 nitrogen and oxygen atoms in total. The van der Waals surface area contributed by atoms with Gasteiger partial charge in [-0.3, -0.25) is 4.79 Å². The van der Waals surface area contributed by atoms with Gasteiger partial charge in [-0.25, -0.2) is 4.79 Å². The van der Waals surface area contributed by atoms with Crippen LogP contribution in [0.1, 0.15) is 25.3 Å². The molecule has 0 bridgehead atoms. The third kappa shape index (κ3) is 7.20. The van der Waals surface area contributed by atoms with E-state index in [1.807, 2.05) is 78.6 Å².